The number of pyridine rings is 1. The lowest BCUT2D eigenvalue weighted by Gasteiger charge is -2.41. The molecule has 2 fully saturated rings. The van der Waals surface area contributed by atoms with E-state index in [2.05, 4.69) is 9.88 Å². The van der Waals surface area contributed by atoms with Crippen molar-refractivity contribution in [1.29, 1.82) is 0 Å². The number of rotatable bonds is 3. The number of aromatic nitrogens is 1. The molecule has 2 aliphatic rings. The number of amides is 1. The number of hydrogen-bond acceptors (Lipinski definition) is 4. The molecule has 5 nitrogen and oxygen atoms in total. The largest absolute Gasteiger partial charge is 0.387 e. The Morgan fingerprint density at radius 1 is 1.12 bits per heavy atom. The molecule has 3 heterocycles. The Morgan fingerprint density at radius 2 is 1.92 bits per heavy atom. The van der Waals surface area contributed by atoms with E-state index in [1.807, 2.05) is 29.2 Å². The molecule has 1 atom stereocenters. The summed E-state index contributed by atoms with van der Waals surface area (Å²) in [6, 6.07) is 9.51. The van der Waals surface area contributed by atoms with Crippen LogP contribution in [0.3, 0.4) is 0 Å². The van der Waals surface area contributed by atoms with Crippen LogP contribution in [-0.2, 0) is 0 Å². The average Bonchev–Trinajstić information content (AvgIpc) is 3.13. The number of benzene rings is 1. The van der Waals surface area contributed by atoms with E-state index in [9.17, 15) is 9.90 Å². The van der Waals surface area contributed by atoms with Crippen LogP contribution in [0.25, 0.3) is 10.9 Å². The van der Waals surface area contributed by atoms with Gasteiger partial charge in [0.1, 0.15) is 0 Å². The minimum absolute atomic E-state index is 0.00172. The minimum atomic E-state index is -0.791. The summed E-state index contributed by atoms with van der Waals surface area (Å²) in [4.78, 5) is 21.6. The summed E-state index contributed by atoms with van der Waals surface area (Å²) in [6.45, 7) is 3.92. The van der Waals surface area contributed by atoms with Crippen LogP contribution in [-0.4, -0.2) is 64.1 Å². The van der Waals surface area contributed by atoms with Gasteiger partial charge in [0.05, 0.1) is 23.2 Å². The number of nitrogens with zero attached hydrogens (tertiary/aromatic N) is 3. The number of fused-ring (bicyclic) bond motifs is 1. The number of hydrogen-bond donors (Lipinski definition) is 1. The van der Waals surface area contributed by atoms with Crippen molar-refractivity contribution in [3.8, 4) is 0 Å². The van der Waals surface area contributed by atoms with E-state index in [1.54, 1.807) is 12.3 Å². The van der Waals surface area contributed by atoms with E-state index in [-0.39, 0.29) is 5.91 Å². The van der Waals surface area contributed by atoms with Gasteiger partial charge in [0.25, 0.3) is 5.91 Å². The van der Waals surface area contributed by atoms with Crippen LogP contribution >= 0.6 is 0 Å². The minimum Gasteiger partial charge on any atom is -0.387 e. The van der Waals surface area contributed by atoms with Gasteiger partial charge in [-0.05, 0) is 50.9 Å². The fourth-order valence-corrected chi connectivity index (χ4v) is 4.22. The van der Waals surface area contributed by atoms with Crippen LogP contribution < -0.4 is 0 Å². The summed E-state index contributed by atoms with van der Waals surface area (Å²) >= 11 is 0. The first-order chi connectivity index (χ1) is 12.1. The first-order valence-corrected chi connectivity index (χ1v) is 9.22. The number of carbonyl (C=O) groups excluding carboxylic acids is 1. The Morgan fingerprint density at radius 3 is 2.76 bits per heavy atom. The first kappa shape index (κ1) is 16.5. The zero-order chi connectivity index (χ0) is 17.3. The molecule has 5 heteroatoms. The van der Waals surface area contributed by atoms with E-state index in [1.165, 1.54) is 12.8 Å². The lowest BCUT2D eigenvalue weighted by Crippen LogP contribution is -2.55. The lowest BCUT2D eigenvalue weighted by molar-refractivity contribution is -0.0430. The fraction of sp³-hybridized carbons (Fsp3) is 0.500. The zero-order valence-corrected chi connectivity index (χ0v) is 14.5. The van der Waals surface area contributed by atoms with E-state index in [0.29, 0.717) is 25.2 Å². The van der Waals surface area contributed by atoms with Gasteiger partial charge in [0, 0.05) is 24.7 Å². The second-order valence-corrected chi connectivity index (χ2v) is 7.41. The van der Waals surface area contributed by atoms with Crippen molar-refractivity contribution >= 4 is 16.8 Å². The van der Waals surface area contributed by atoms with Gasteiger partial charge in [-0.1, -0.05) is 18.2 Å². The Kier molecular flexibility index (Phi) is 4.44. The number of aliphatic hydroxyl groups is 1. The summed E-state index contributed by atoms with van der Waals surface area (Å²) in [5.41, 5.74) is 0.717. The number of carbonyl (C=O) groups is 1. The Labute approximate surface area is 148 Å². The van der Waals surface area contributed by atoms with Gasteiger partial charge >= 0.3 is 0 Å². The highest BCUT2D eigenvalue weighted by Crippen LogP contribution is 2.26. The van der Waals surface area contributed by atoms with Crippen LogP contribution in [0, 0.1) is 0 Å². The summed E-state index contributed by atoms with van der Waals surface area (Å²) in [6.07, 6.45) is 5.73. The third-order valence-corrected chi connectivity index (χ3v) is 5.44. The van der Waals surface area contributed by atoms with Gasteiger partial charge in [-0.2, -0.15) is 0 Å². The smallest absolute Gasteiger partial charge is 0.254 e. The van der Waals surface area contributed by atoms with Crippen LogP contribution in [0.15, 0.2) is 36.5 Å². The molecule has 132 valence electrons. The predicted octanol–water partition coefficient (Wildman–Crippen LogP) is 2.30. The third kappa shape index (κ3) is 3.39. The van der Waals surface area contributed by atoms with Crippen molar-refractivity contribution in [2.45, 2.75) is 31.3 Å². The van der Waals surface area contributed by atoms with Crippen molar-refractivity contribution in [3.05, 3.63) is 42.1 Å². The molecule has 2 saturated heterocycles. The molecule has 0 saturated carbocycles. The fourth-order valence-electron chi connectivity index (χ4n) is 4.22. The molecule has 1 aromatic heterocycles. The maximum Gasteiger partial charge on any atom is 0.254 e. The zero-order valence-electron chi connectivity index (χ0n) is 14.5. The van der Waals surface area contributed by atoms with E-state index < -0.39 is 5.60 Å². The summed E-state index contributed by atoms with van der Waals surface area (Å²) in [5.74, 6) is -0.00172. The van der Waals surface area contributed by atoms with Gasteiger partial charge in [0.15, 0.2) is 0 Å². The number of β-amino-alcohol motifs (C(OH)–C–C–N with tert-alkyl or cyclic N) is 1. The van der Waals surface area contributed by atoms with E-state index >= 15 is 0 Å². The average molecular weight is 339 g/mol. The molecule has 0 unspecified atom stereocenters. The molecule has 0 radical (unpaired) electrons. The molecule has 1 amide bonds. The highest BCUT2D eigenvalue weighted by molar-refractivity contribution is 6.06. The molecule has 1 aromatic carbocycles. The molecule has 2 aromatic rings. The molecular weight excluding hydrogens is 314 g/mol. The highest BCUT2D eigenvalue weighted by Gasteiger charge is 2.37. The molecule has 25 heavy (non-hydrogen) atoms. The standard InChI is InChI=1S/C20H25N3O2/c24-19(17-8-10-21-18-7-2-1-6-16(17)18)23-13-5-9-20(25,15-23)14-22-11-3-4-12-22/h1-2,6-8,10,25H,3-5,9,11-15H2/t20-/m0/s1. The number of piperidine rings is 1. The van der Waals surface area contributed by atoms with Crippen molar-refractivity contribution in [2.24, 2.45) is 0 Å². The van der Waals surface area contributed by atoms with E-state index in [0.717, 1.165) is 36.8 Å². The number of likely N-dealkylation sites (tertiary alicyclic amines) is 2. The molecule has 0 aliphatic carbocycles. The molecule has 0 bridgehead atoms. The van der Waals surface area contributed by atoms with E-state index in [4.69, 9.17) is 0 Å². The summed E-state index contributed by atoms with van der Waals surface area (Å²) in [5, 5.41) is 11.9. The van der Waals surface area contributed by atoms with Crippen molar-refractivity contribution in [3.63, 3.8) is 0 Å². The highest BCUT2D eigenvalue weighted by atomic mass is 16.3. The topological polar surface area (TPSA) is 56.7 Å². The van der Waals surface area contributed by atoms with Crippen LogP contribution in [0.5, 0.6) is 0 Å². The molecule has 0 spiro atoms. The maximum absolute atomic E-state index is 13.1. The van der Waals surface area contributed by atoms with Crippen LogP contribution in [0.1, 0.15) is 36.0 Å². The van der Waals surface area contributed by atoms with Crippen molar-refractivity contribution in [1.82, 2.24) is 14.8 Å². The van der Waals surface area contributed by atoms with Gasteiger partial charge in [-0.25, -0.2) is 0 Å². The molecule has 2 aliphatic heterocycles. The first-order valence-electron chi connectivity index (χ1n) is 9.22. The van der Waals surface area contributed by atoms with Gasteiger partial charge in [0.2, 0.25) is 0 Å². The molecular formula is C20H25N3O2. The van der Waals surface area contributed by atoms with Gasteiger partial charge in [-0.15, -0.1) is 0 Å². The normalized spacial score (nSPS) is 24.8. The summed E-state index contributed by atoms with van der Waals surface area (Å²) < 4.78 is 0. The monoisotopic (exact) mass is 339 g/mol. The van der Waals surface area contributed by atoms with Gasteiger partial charge in [-0.3, -0.25) is 9.78 Å². The molecule has 1 N–H and O–H groups in total. The van der Waals surface area contributed by atoms with Gasteiger partial charge < -0.3 is 14.9 Å². The molecule has 4 rings (SSSR count). The SMILES string of the molecule is O=C(c1ccnc2ccccc12)N1CCC[C@](O)(CN2CCCC2)C1. The Bertz CT molecular complexity index is 767. The second kappa shape index (κ2) is 6.73. The summed E-state index contributed by atoms with van der Waals surface area (Å²) in [7, 11) is 0. The van der Waals surface area contributed by atoms with Crippen molar-refractivity contribution in [2.75, 3.05) is 32.7 Å². The van der Waals surface area contributed by atoms with Crippen LogP contribution in [0.4, 0.5) is 0 Å². The predicted molar refractivity (Wildman–Crippen MR) is 97.5 cm³/mol. The third-order valence-electron chi connectivity index (χ3n) is 5.44. The quantitative estimate of drug-likeness (QED) is 0.932. The van der Waals surface area contributed by atoms with Crippen LogP contribution in [0.2, 0.25) is 0 Å². The maximum atomic E-state index is 13.1. The Balaban J connectivity index is 1.55. The Hall–Kier alpha value is -1.98. The second-order valence-electron chi connectivity index (χ2n) is 7.41. The van der Waals surface area contributed by atoms with Crippen molar-refractivity contribution < 1.29 is 9.90 Å². The lowest BCUT2D eigenvalue weighted by atomic mass is 9.91. The number of para-hydroxylation sites is 1.